The summed E-state index contributed by atoms with van der Waals surface area (Å²) < 4.78 is 24.8. The number of methoxy groups -OCH3 is 1. The highest BCUT2D eigenvalue weighted by Crippen LogP contribution is 2.28. The van der Waals surface area contributed by atoms with E-state index in [2.05, 4.69) is 24.1 Å². The van der Waals surface area contributed by atoms with Gasteiger partial charge < -0.3 is 24.8 Å². The molecule has 0 bridgehead atoms. The van der Waals surface area contributed by atoms with Gasteiger partial charge in [0.15, 0.2) is 11.5 Å². The lowest BCUT2D eigenvalue weighted by molar-refractivity contribution is 0.0705. The number of nitrogens with one attached hydrogen (secondary N) is 1. The lowest BCUT2D eigenvalue weighted by Gasteiger charge is -2.22. The average Bonchev–Trinajstić information content (AvgIpc) is 2.72. The maximum Gasteiger partial charge on any atom is 0.161 e. The fraction of sp³-hybridized carbons (Fsp3) is 0.455. The van der Waals surface area contributed by atoms with E-state index in [1.807, 2.05) is 24.3 Å². The van der Waals surface area contributed by atoms with E-state index in [4.69, 9.17) is 9.47 Å². The van der Waals surface area contributed by atoms with Gasteiger partial charge in [-0.05, 0) is 36.9 Å². The lowest BCUT2D eigenvalue weighted by atomic mass is 10.1. The number of nitrogens with zero attached hydrogens (tertiary/aromatic N) is 1. The van der Waals surface area contributed by atoms with Gasteiger partial charge in [0.25, 0.3) is 0 Å². The Morgan fingerprint density at radius 3 is 2.50 bits per heavy atom. The molecule has 0 saturated heterocycles. The van der Waals surface area contributed by atoms with Gasteiger partial charge in [-0.15, -0.1) is 0 Å². The van der Waals surface area contributed by atoms with Crippen LogP contribution in [0.5, 0.6) is 11.5 Å². The van der Waals surface area contributed by atoms with E-state index in [9.17, 15) is 9.50 Å². The standard InChI is InChI=1S/C22H31FN2O3/c1-4-25(5-2)15-19(26)16-28-21-11-10-17(12-22(21)27-3)13-24-14-18-8-6-7-9-20(18)23/h6-12,19,24,26H,4-5,13-16H2,1-3H3. The molecule has 0 fully saturated rings. The highest BCUT2D eigenvalue weighted by atomic mass is 19.1. The summed E-state index contributed by atoms with van der Waals surface area (Å²) in [5.41, 5.74) is 1.64. The van der Waals surface area contributed by atoms with E-state index in [-0.39, 0.29) is 12.4 Å². The summed E-state index contributed by atoms with van der Waals surface area (Å²) in [5, 5.41) is 13.4. The summed E-state index contributed by atoms with van der Waals surface area (Å²) in [7, 11) is 1.59. The fourth-order valence-electron chi connectivity index (χ4n) is 2.94. The molecule has 0 spiro atoms. The zero-order valence-electron chi connectivity index (χ0n) is 17.0. The number of hydrogen-bond donors (Lipinski definition) is 2. The Labute approximate surface area is 167 Å². The first kappa shape index (κ1) is 22.1. The molecular weight excluding hydrogens is 359 g/mol. The first-order chi connectivity index (χ1) is 13.6. The van der Waals surface area contributed by atoms with Crippen molar-refractivity contribution >= 4 is 0 Å². The summed E-state index contributed by atoms with van der Waals surface area (Å²) in [6.07, 6.45) is -0.563. The number of hydrogen-bond acceptors (Lipinski definition) is 5. The first-order valence-corrected chi connectivity index (χ1v) is 9.71. The highest BCUT2D eigenvalue weighted by Gasteiger charge is 2.12. The number of likely N-dealkylation sites (N-methyl/N-ethyl adjacent to an activating group) is 1. The minimum Gasteiger partial charge on any atom is -0.493 e. The third kappa shape index (κ3) is 6.78. The SMILES string of the molecule is CCN(CC)CC(O)COc1ccc(CNCc2ccccc2F)cc1OC. The summed E-state index contributed by atoms with van der Waals surface area (Å²) in [6.45, 7) is 7.74. The van der Waals surface area contributed by atoms with Crippen molar-refractivity contribution in [2.24, 2.45) is 0 Å². The quantitative estimate of drug-likeness (QED) is 0.583. The van der Waals surface area contributed by atoms with Crippen molar-refractivity contribution in [2.75, 3.05) is 33.4 Å². The molecule has 2 aromatic rings. The molecule has 2 rings (SSSR count). The largest absolute Gasteiger partial charge is 0.493 e. The van der Waals surface area contributed by atoms with Gasteiger partial charge in [0.1, 0.15) is 18.5 Å². The van der Waals surface area contributed by atoms with Gasteiger partial charge in [0.05, 0.1) is 7.11 Å². The maximum atomic E-state index is 13.7. The normalized spacial score (nSPS) is 12.2. The van der Waals surface area contributed by atoms with Crippen LogP contribution in [0, 0.1) is 5.82 Å². The van der Waals surface area contributed by atoms with Crippen LogP contribution in [0.1, 0.15) is 25.0 Å². The molecule has 2 N–H and O–H groups in total. The van der Waals surface area contributed by atoms with E-state index >= 15 is 0 Å². The van der Waals surface area contributed by atoms with Crippen molar-refractivity contribution in [2.45, 2.75) is 33.0 Å². The van der Waals surface area contributed by atoms with Gasteiger partial charge in [0.2, 0.25) is 0 Å². The van der Waals surface area contributed by atoms with E-state index in [1.165, 1.54) is 6.07 Å². The Hall–Kier alpha value is -2.15. The van der Waals surface area contributed by atoms with Crippen LogP contribution in [0.2, 0.25) is 0 Å². The minimum atomic E-state index is -0.563. The molecule has 0 aliphatic heterocycles. The Kier molecular flexibility index (Phi) is 9.20. The molecule has 0 aliphatic carbocycles. The van der Waals surface area contributed by atoms with Crippen molar-refractivity contribution < 1.29 is 19.0 Å². The zero-order valence-corrected chi connectivity index (χ0v) is 17.0. The fourth-order valence-corrected chi connectivity index (χ4v) is 2.94. The lowest BCUT2D eigenvalue weighted by Crippen LogP contribution is -2.35. The van der Waals surface area contributed by atoms with Gasteiger partial charge in [-0.25, -0.2) is 4.39 Å². The molecule has 28 heavy (non-hydrogen) atoms. The van der Waals surface area contributed by atoms with Crippen molar-refractivity contribution in [3.8, 4) is 11.5 Å². The summed E-state index contributed by atoms with van der Waals surface area (Å²) in [4.78, 5) is 2.15. The number of benzene rings is 2. The molecular formula is C22H31FN2O3. The van der Waals surface area contributed by atoms with Crippen LogP contribution >= 0.6 is 0 Å². The molecule has 154 valence electrons. The molecule has 2 aromatic carbocycles. The number of halogens is 1. The first-order valence-electron chi connectivity index (χ1n) is 9.71. The third-order valence-electron chi connectivity index (χ3n) is 4.63. The van der Waals surface area contributed by atoms with Crippen LogP contribution < -0.4 is 14.8 Å². The van der Waals surface area contributed by atoms with Gasteiger partial charge in [-0.3, -0.25) is 0 Å². The second-order valence-corrected chi connectivity index (χ2v) is 6.63. The number of aliphatic hydroxyl groups excluding tert-OH is 1. The predicted octanol–water partition coefficient (Wildman–Crippen LogP) is 3.21. The Balaban J connectivity index is 1.88. The molecule has 1 atom stereocenters. The summed E-state index contributed by atoms with van der Waals surface area (Å²) in [6, 6.07) is 12.4. The maximum absolute atomic E-state index is 13.7. The van der Waals surface area contributed by atoms with Crippen LogP contribution in [0.25, 0.3) is 0 Å². The smallest absolute Gasteiger partial charge is 0.161 e. The van der Waals surface area contributed by atoms with Gasteiger partial charge >= 0.3 is 0 Å². The van der Waals surface area contributed by atoms with Crippen LogP contribution in [0.3, 0.4) is 0 Å². The van der Waals surface area contributed by atoms with Crippen LogP contribution in [0.4, 0.5) is 4.39 Å². The molecule has 6 heteroatoms. The molecule has 0 saturated carbocycles. The number of ether oxygens (including phenoxy) is 2. The minimum absolute atomic E-state index is 0.206. The van der Waals surface area contributed by atoms with Crippen LogP contribution in [-0.2, 0) is 13.1 Å². The third-order valence-corrected chi connectivity index (χ3v) is 4.63. The zero-order chi connectivity index (χ0) is 20.4. The average molecular weight is 390 g/mol. The molecule has 0 heterocycles. The van der Waals surface area contributed by atoms with Gasteiger partial charge in [-0.1, -0.05) is 38.1 Å². The Morgan fingerprint density at radius 1 is 1.07 bits per heavy atom. The van der Waals surface area contributed by atoms with E-state index in [0.717, 1.165) is 18.7 Å². The number of aliphatic hydroxyl groups is 1. The molecule has 0 aliphatic rings. The molecule has 0 amide bonds. The number of rotatable bonds is 12. The molecule has 1 unspecified atom stereocenters. The van der Waals surface area contributed by atoms with Crippen molar-refractivity contribution in [3.05, 3.63) is 59.4 Å². The van der Waals surface area contributed by atoms with E-state index in [1.54, 1.807) is 19.2 Å². The predicted molar refractivity (Wildman–Crippen MR) is 109 cm³/mol. The molecule has 0 aromatic heterocycles. The second kappa shape index (κ2) is 11.6. The topological polar surface area (TPSA) is 54.0 Å². The molecule has 5 nitrogen and oxygen atoms in total. The monoisotopic (exact) mass is 390 g/mol. The summed E-state index contributed by atoms with van der Waals surface area (Å²) in [5.74, 6) is 0.999. The van der Waals surface area contributed by atoms with E-state index < -0.39 is 6.10 Å². The van der Waals surface area contributed by atoms with E-state index in [0.29, 0.717) is 36.7 Å². The highest BCUT2D eigenvalue weighted by molar-refractivity contribution is 5.43. The van der Waals surface area contributed by atoms with Gasteiger partial charge in [0, 0.05) is 25.2 Å². The van der Waals surface area contributed by atoms with Crippen molar-refractivity contribution in [1.29, 1.82) is 0 Å². The van der Waals surface area contributed by atoms with Crippen LogP contribution in [-0.4, -0.2) is 49.5 Å². The summed E-state index contributed by atoms with van der Waals surface area (Å²) >= 11 is 0. The Bertz CT molecular complexity index is 723. The van der Waals surface area contributed by atoms with Crippen molar-refractivity contribution in [3.63, 3.8) is 0 Å². The van der Waals surface area contributed by atoms with Crippen molar-refractivity contribution in [1.82, 2.24) is 10.2 Å². The second-order valence-electron chi connectivity index (χ2n) is 6.63. The Morgan fingerprint density at radius 2 is 1.82 bits per heavy atom. The van der Waals surface area contributed by atoms with Gasteiger partial charge in [-0.2, -0.15) is 0 Å². The molecule has 0 radical (unpaired) electrons. The van der Waals surface area contributed by atoms with Crippen LogP contribution in [0.15, 0.2) is 42.5 Å².